The molecule has 1 aromatic heterocycles. The van der Waals surface area contributed by atoms with Crippen LogP contribution in [0.15, 0.2) is 22.8 Å². The molecule has 0 bridgehead atoms. The van der Waals surface area contributed by atoms with E-state index in [4.69, 9.17) is 4.42 Å². The molecule has 0 fully saturated rings. The minimum absolute atomic E-state index is 0.0225. The fraction of sp³-hybridized carbons (Fsp3) is 0.667. The molecule has 4 heteroatoms. The summed E-state index contributed by atoms with van der Waals surface area (Å²) in [7, 11) is 0. The van der Waals surface area contributed by atoms with Crippen molar-refractivity contribution in [2.75, 3.05) is 13.2 Å². The molecule has 1 atom stereocenters. The van der Waals surface area contributed by atoms with E-state index in [1.807, 2.05) is 26.0 Å². The lowest BCUT2D eigenvalue weighted by molar-refractivity contribution is 0.0741. The first-order valence-corrected chi connectivity index (χ1v) is 5.74. The van der Waals surface area contributed by atoms with Crippen LogP contribution in [-0.4, -0.2) is 29.0 Å². The lowest BCUT2D eigenvalue weighted by Gasteiger charge is -2.33. The van der Waals surface area contributed by atoms with Crippen molar-refractivity contribution in [2.45, 2.75) is 38.3 Å². The second kappa shape index (κ2) is 6.03. The molecule has 0 aliphatic carbocycles. The van der Waals surface area contributed by atoms with Crippen LogP contribution in [0, 0.1) is 0 Å². The zero-order chi connectivity index (χ0) is 12.0. The minimum atomic E-state index is -0.631. The zero-order valence-electron chi connectivity index (χ0n) is 9.94. The molecule has 0 aromatic carbocycles. The summed E-state index contributed by atoms with van der Waals surface area (Å²) in [4.78, 5) is 0. The number of hydrogen-bond acceptors (Lipinski definition) is 4. The number of aliphatic hydroxyl groups is 2. The van der Waals surface area contributed by atoms with Crippen LogP contribution in [0.3, 0.4) is 0 Å². The maximum absolute atomic E-state index is 9.37. The standard InChI is InChI=1S/C12H21NO3/c1-3-10(11-6-5-7-16-11)13-12(4-2,8-14)9-15/h5-7,10,13-15H,3-4,8-9H2,1-2H3. The summed E-state index contributed by atoms with van der Waals surface area (Å²) in [5.41, 5.74) is -0.631. The number of aliphatic hydroxyl groups excluding tert-OH is 2. The summed E-state index contributed by atoms with van der Waals surface area (Å²) >= 11 is 0. The van der Waals surface area contributed by atoms with E-state index < -0.39 is 5.54 Å². The number of rotatable bonds is 7. The molecule has 4 nitrogen and oxygen atoms in total. The van der Waals surface area contributed by atoms with Crippen LogP contribution in [0.5, 0.6) is 0 Å². The van der Waals surface area contributed by atoms with Gasteiger partial charge in [0.2, 0.25) is 0 Å². The van der Waals surface area contributed by atoms with Gasteiger partial charge >= 0.3 is 0 Å². The molecule has 0 saturated heterocycles. The molecule has 0 aliphatic heterocycles. The zero-order valence-corrected chi connectivity index (χ0v) is 9.94. The third-order valence-corrected chi connectivity index (χ3v) is 3.06. The number of nitrogens with one attached hydrogen (secondary N) is 1. The summed E-state index contributed by atoms with van der Waals surface area (Å²) in [6, 6.07) is 3.76. The van der Waals surface area contributed by atoms with E-state index in [9.17, 15) is 10.2 Å². The first-order valence-electron chi connectivity index (χ1n) is 5.74. The fourth-order valence-corrected chi connectivity index (χ4v) is 1.70. The van der Waals surface area contributed by atoms with Gasteiger partial charge in [-0.15, -0.1) is 0 Å². The van der Waals surface area contributed by atoms with Gasteiger partial charge in [0.1, 0.15) is 5.76 Å². The largest absolute Gasteiger partial charge is 0.468 e. The highest BCUT2D eigenvalue weighted by molar-refractivity contribution is 5.06. The van der Waals surface area contributed by atoms with Crippen molar-refractivity contribution >= 4 is 0 Å². The highest BCUT2D eigenvalue weighted by atomic mass is 16.3. The van der Waals surface area contributed by atoms with Crippen LogP contribution in [0.4, 0.5) is 0 Å². The molecule has 0 aliphatic rings. The van der Waals surface area contributed by atoms with Crippen LogP contribution in [0.25, 0.3) is 0 Å². The molecular formula is C12H21NO3. The lowest BCUT2D eigenvalue weighted by Crippen LogP contribution is -2.52. The summed E-state index contributed by atoms with van der Waals surface area (Å²) in [6.07, 6.45) is 3.14. The van der Waals surface area contributed by atoms with E-state index >= 15 is 0 Å². The van der Waals surface area contributed by atoms with E-state index in [0.717, 1.165) is 12.2 Å². The van der Waals surface area contributed by atoms with Crippen molar-refractivity contribution in [3.8, 4) is 0 Å². The summed E-state index contributed by atoms with van der Waals surface area (Å²) in [5.74, 6) is 0.835. The monoisotopic (exact) mass is 227 g/mol. The Morgan fingerprint density at radius 2 is 2.06 bits per heavy atom. The van der Waals surface area contributed by atoms with Crippen molar-refractivity contribution in [3.05, 3.63) is 24.2 Å². The quantitative estimate of drug-likeness (QED) is 0.659. The fourth-order valence-electron chi connectivity index (χ4n) is 1.70. The molecular weight excluding hydrogens is 206 g/mol. The molecule has 0 amide bonds. The topological polar surface area (TPSA) is 65.6 Å². The van der Waals surface area contributed by atoms with Gasteiger partial charge in [-0.3, -0.25) is 5.32 Å². The Kier molecular flexibility index (Phi) is 4.99. The maximum Gasteiger partial charge on any atom is 0.120 e. The molecule has 0 saturated carbocycles. The van der Waals surface area contributed by atoms with Crippen molar-refractivity contribution in [2.24, 2.45) is 0 Å². The van der Waals surface area contributed by atoms with Crippen LogP contribution < -0.4 is 5.32 Å². The van der Waals surface area contributed by atoms with Crippen LogP contribution in [0.2, 0.25) is 0 Å². The minimum Gasteiger partial charge on any atom is -0.468 e. The first kappa shape index (κ1) is 13.2. The first-order chi connectivity index (χ1) is 7.71. The van der Waals surface area contributed by atoms with E-state index in [-0.39, 0.29) is 19.3 Å². The van der Waals surface area contributed by atoms with Crippen LogP contribution in [0.1, 0.15) is 38.5 Å². The van der Waals surface area contributed by atoms with Gasteiger partial charge in [-0.2, -0.15) is 0 Å². The predicted molar refractivity (Wildman–Crippen MR) is 62.1 cm³/mol. The Morgan fingerprint density at radius 3 is 2.44 bits per heavy atom. The summed E-state index contributed by atoms with van der Waals surface area (Å²) in [6.45, 7) is 3.80. The maximum atomic E-state index is 9.37. The Hall–Kier alpha value is -0.840. The van der Waals surface area contributed by atoms with Gasteiger partial charge in [-0.05, 0) is 25.0 Å². The van der Waals surface area contributed by atoms with Crippen molar-refractivity contribution in [1.29, 1.82) is 0 Å². The van der Waals surface area contributed by atoms with Gasteiger partial charge in [0, 0.05) is 0 Å². The van der Waals surface area contributed by atoms with Crippen molar-refractivity contribution in [1.82, 2.24) is 5.32 Å². The second-order valence-corrected chi connectivity index (χ2v) is 4.07. The Morgan fingerprint density at radius 1 is 1.38 bits per heavy atom. The highest BCUT2D eigenvalue weighted by Gasteiger charge is 2.30. The molecule has 1 unspecified atom stereocenters. The SMILES string of the molecule is CCC(NC(CC)(CO)CO)c1ccco1. The Balaban J connectivity index is 2.75. The summed E-state index contributed by atoms with van der Waals surface area (Å²) < 4.78 is 5.34. The number of hydrogen-bond donors (Lipinski definition) is 3. The smallest absolute Gasteiger partial charge is 0.120 e. The average molecular weight is 227 g/mol. The van der Waals surface area contributed by atoms with E-state index in [1.54, 1.807) is 6.26 Å². The molecule has 3 N–H and O–H groups in total. The molecule has 0 spiro atoms. The van der Waals surface area contributed by atoms with Gasteiger partial charge in [0.15, 0.2) is 0 Å². The molecule has 16 heavy (non-hydrogen) atoms. The van der Waals surface area contributed by atoms with Crippen molar-refractivity contribution in [3.63, 3.8) is 0 Å². The Bertz CT molecular complexity index is 272. The van der Waals surface area contributed by atoms with E-state index in [2.05, 4.69) is 5.32 Å². The third-order valence-electron chi connectivity index (χ3n) is 3.06. The normalized spacial score (nSPS) is 14.0. The van der Waals surface area contributed by atoms with Gasteiger partial charge in [0.05, 0.1) is 31.1 Å². The van der Waals surface area contributed by atoms with Gasteiger partial charge in [-0.25, -0.2) is 0 Å². The molecule has 92 valence electrons. The predicted octanol–water partition coefficient (Wildman–Crippen LogP) is 1.45. The van der Waals surface area contributed by atoms with Gasteiger partial charge in [-0.1, -0.05) is 13.8 Å². The second-order valence-electron chi connectivity index (χ2n) is 4.07. The number of furan rings is 1. The lowest BCUT2D eigenvalue weighted by atomic mass is 9.96. The molecule has 0 radical (unpaired) electrons. The highest BCUT2D eigenvalue weighted by Crippen LogP contribution is 2.22. The van der Waals surface area contributed by atoms with E-state index in [1.165, 1.54) is 0 Å². The Labute approximate surface area is 96.3 Å². The van der Waals surface area contributed by atoms with Crippen molar-refractivity contribution < 1.29 is 14.6 Å². The van der Waals surface area contributed by atoms with Gasteiger partial charge < -0.3 is 14.6 Å². The molecule has 1 heterocycles. The third kappa shape index (κ3) is 2.84. The van der Waals surface area contributed by atoms with Gasteiger partial charge in [0.25, 0.3) is 0 Å². The van der Waals surface area contributed by atoms with Crippen LogP contribution in [-0.2, 0) is 0 Å². The molecule has 1 rings (SSSR count). The average Bonchev–Trinajstić information content (AvgIpc) is 2.85. The van der Waals surface area contributed by atoms with E-state index in [0.29, 0.717) is 6.42 Å². The summed E-state index contributed by atoms with van der Waals surface area (Å²) in [5, 5.41) is 22.0. The molecule has 1 aromatic rings. The van der Waals surface area contributed by atoms with Crippen LogP contribution >= 0.6 is 0 Å².